The molecule has 2 aromatic rings. The lowest BCUT2D eigenvalue weighted by molar-refractivity contribution is -0.121. The summed E-state index contributed by atoms with van der Waals surface area (Å²) in [6.07, 6.45) is 0.346. The Morgan fingerprint density at radius 1 is 1.13 bits per heavy atom. The van der Waals surface area contributed by atoms with Crippen molar-refractivity contribution in [2.24, 2.45) is 5.10 Å². The van der Waals surface area contributed by atoms with E-state index in [9.17, 15) is 18.0 Å². The topological polar surface area (TPSA) is 135 Å². The maximum atomic E-state index is 13.0. The highest BCUT2D eigenvalue weighted by Gasteiger charge is 2.23. The fourth-order valence-electron chi connectivity index (χ4n) is 2.80. The highest BCUT2D eigenvalue weighted by molar-refractivity contribution is 7.92. The van der Waals surface area contributed by atoms with Gasteiger partial charge >= 0.3 is 0 Å². The average Bonchev–Trinajstić information content (AvgIpc) is 2.75. The number of nitrogens with zero attached hydrogens (tertiary/aromatic N) is 1. The maximum absolute atomic E-state index is 13.0. The van der Waals surface area contributed by atoms with Crippen LogP contribution in [-0.4, -0.2) is 39.7 Å². The molecule has 0 aromatic heterocycles. The van der Waals surface area contributed by atoms with Gasteiger partial charge in [-0.2, -0.15) is 5.10 Å². The summed E-state index contributed by atoms with van der Waals surface area (Å²) in [5.74, 6) is -0.0732. The van der Waals surface area contributed by atoms with Gasteiger partial charge in [0.15, 0.2) is 0 Å². The Labute approximate surface area is 179 Å². The largest absolute Gasteiger partial charge is 0.495 e. The van der Waals surface area contributed by atoms with E-state index >= 15 is 0 Å². The molecule has 0 aliphatic carbocycles. The van der Waals surface area contributed by atoms with E-state index < -0.39 is 15.9 Å². The molecule has 0 fully saturated rings. The molecule has 1 aliphatic heterocycles. The van der Waals surface area contributed by atoms with Crippen LogP contribution in [0.5, 0.6) is 11.5 Å². The van der Waals surface area contributed by atoms with Crippen LogP contribution < -0.4 is 24.9 Å². The van der Waals surface area contributed by atoms with Gasteiger partial charge in [0.2, 0.25) is 5.91 Å². The molecule has 2 aromatic carbocycles. The van der Waals surface area contributed by atoms with E-state index in [0.29, 0.717) is 18.0 Å². The van der Waals surface area contributed by atoms with Crippen LogP contribution in [0.1, 0.15) is 19.8 Å². The first-order chi connectivity index (χ1) is 14.8. The lowest BCUT2D eigenvalue weighted by atomic mass is 10.1. The fraction of sp³-hybridized carbons (Fsp3) is 0.250. The monoisotopic (exact) mass is 446 g/mol. The lowest BCUT2D eigenvalue weighted by Gasteiger charge is -2.15. The number of ether oxygens (including phenoxy) is 2. The van der Waals surface area contributed by atoms with Crippen LogP contribution in [0.25, 0.3) is 0 Å². The first-order valence-corrected chi connectivity index (χ1v) is 10.9. The number of rotatable bonds is 8. The first kappa shape index (κ1) is 22.1. The molecule has 11 heteroatoms. The Hall–Kier alpha value is -3.60. The van der Waals surface area contributed by atoms with Gasteiger partial charge in [-0.15, -0.1) is 0 Å². The molecule has 1 heterocycles. The lowest BCUT2D eigenvalue weighted by Crippen LogP contribution is -2.32. The maximum Gasteiger partial charge on any atom is 0.271 e. The van der Waals surface area contributed by atoms with Gasteiger partial charge in [0.05, 0.1) is 13.7 Å². The number of hydrogen-bond acceptors (Lipinski definition) is 7. The van der Waals surface area contributed by atoms with Crippen molar-refractivity contribution in [2.75, 3.05) is 23.8 Å². The van der Waals surface area contributed by atoms with Crippen LogP contribution in [0, 0.1) is 0 Å². The van der Waals surface area contributed by atoms with Gasteiger partial charge in [-0.3, -0.25) is 14.3 Å². The van der Waals surface area contributed by atoms with Crippen LogP contribution in [0.4, 0.5) is 11.4 Å². The number of methoxy groups -OCH3 is 1. The van der Waals surface area contributed by atoms with Gasteiger partial charge in [-0.05, 0) is 49.4 Å². The van der Waals surface area contributed by atoms with Crippen molar-refractivity contribution >= 4 is 38.9 Å². The molecule has 1 aliphatic rings. The van der Waals surface area contributed by atoms with Gasteiger partial charge in [0, 0.05) is 24.2 Å². The smallest absolute Gasteiger partial charge is 0.271 e. The molecule has 3 rings (SSSR count). The van der Waals surface area contributed by atoms with Crippen LogP contribution in [0.3, 0.4) is 0 Å². The molecule has 2 amide bonds. The quantitative estimate of drug-likeness (QED) is 0.568. The summed E-state index contributed by atoms with van der Waals surface area (Å²) in [6, 6.07) is 10.7. The second kappa shape index (κ2) is 9.47. The molecule has 0 unspecified atom stereocenters. The highest BCUT2D eigenvalue weighted by Crippen LogP contribution is 2.29. The number of sulfonamides is 1. The summed E-state index contributed by atoms with van der Waals surface area (Å²) in [6.45, 7) is 2.35. The summed E-state index contributed by atoms with van der Waals surface area (Å²) in [5.41, 5.74) is 2.96. The van der Waals surface area contributed by atoms with Gasteiger partial charge < -0.3 is 14.8 Å². The van der Waals surface area contributed by atoms with Crippen LogP contribution in [0.2, 0.25) is 0 Å². The van der Waals surface area contributed by atoms with E-state index in [1.165, 1.54) is 25.3 Å². The van der Waals surface area contributed by atoms with Gasteiger partial charge in [0.1, 0.15) is 22.1 Å². The summed E-state index contributed by atoms with van der Waals surface area (Å²) < 4.78 is 38.9. The Morgan fingerprint density at radius 3 is 2.45 bits per heavy atom. The van der Waals surface area contributed by atoms with E-state index in [2.05, 4.69) is 20.6 Å². The van der Waals surface area contributed by atoms with Gasteiger partial charge in [0.25, 0.3) is 15.9 Å². The number of anilines is 2. The number of nitrogens with one attached hydrogen (secondary N) is 3. The molecule has 31 heavy (non-hydrogen) atoms. The normalized spacial score (nSPS) is 13.6. The average molecular weight is 446 g/mol. The number of hydrogen-bond donors (Lipinski definition) is 3. The van der Waals surface area contributed by atoms with Gasteiger partial charge in [-0.25, -0.2) is 13.8 Å². The molecular weight excluding hydrogens is 424 g/mol. The number of carbonyl (C=O) groups is 2. The molecule has 0 bridgehead atoms. The van der Waals surface area contributed by atoms with Crippen molar-refractivity contribution in [1.82, 2.24) is 5.43 Å². The second-order valence-electron chi connectivity index (χ2n) is 6.48. The predicted octanol–water partition coefficient (Wildman–Crippen LogP) is 2.10. The molecule has 0 radical (unpaired) electrons. The standard InChI is InChI=1S/C20H22N4O6S/c1-3-30-15-7-4-13(5-8-15)24-31(27,28)18-12-14(6-10-17(18)29-2)21-20(26)16-9-11-19(25)23-22-16/h4-8,10,12,24H,3,9,11H2,1-2H3,(H,21,26)(H,23,25). The van der Waals surface area contributed by atoms with Crippen LogP contribution in [-0.2, 0) is 19.6 Å². The third-order valence-corrected chi connectivity index (χ3v) is 5.70. The van der Waals surface area contributed by atoms with Crippen molar-refractivity contribution in [2.45, 2.75) is 24.7 Å². The Balaban J connectivity index is 1.82. The Morgan fingerprint density at radius 2 is 1.84 bits per heavy atom. The molecule has 0 spiro atoms. The number of amides is 2. The zero-order chi connectivity index (χ0) is 22.4. The van der Waals surface area contributed by atoms with E-state index in [0.717, 1.165) is 0 Å². The predicted molar refractivity (Wildman–Crippen MR) is 115 cm³/mol. The molecule has 0 atom stereocenters. The SMILES string of the molecule is CCOc1ccc(NS(=O)(=O)c2cc(NC(=O)C3=NNC(=O)CC3)ccc2OC)cc1. The molecular formula is C20H22N4O6S. The van der Waals surface area contributed by atoms with Crippen LogP contribution >= 0.6 is 0 Å². The number of carbonyl (C=O) groups excluding carboxylic acids is 2. The minimum absolute atomic E-state index is 0.110. The van der Waals surface area contributed by atoms with Crippen molar-refractivity contribution in [1.29, 1.82) is 0 Å². The molecule has 3 N–H and O–H groups in total. The zero-order valence-electron chi connectivity index (χ0n) is 17.0. The highest BCUT2D eigenvalue weighted by atomic mass is 32.2. The van der Waals surface area contributed by atoms with Crippen molar-refractivity contribution in [3.05, 3.63) is 42.5 Å². The van der Waals surface area contributed by atoms with E-state index in [1.54, 1.807) is 24.3 Å². The third-order valence-electron chi connectivity index (χ3n) is 4.30. The Bertz CT molecular complexity index is 1110. The summed E-state index contributed by atoms with van der Waals surface area (Å²) >= 11 is 0. The number of hydrazone groups is 1. The van der Waals surface area contributed by atoms with E-state index in [1.807, 2.05) is 6.92 Å². The van der Waals surface area contributed by atoms with Crippen molar-refractivity contribution in [3.8, 4) is 11.5 Å². The Kier molecular flexibility index (Phi) is 6.75. The van der Waals surface area contributed by atoms with Crippen LogP contribution in [0.15, 0.2) is 52.5 Å². The minimum atomic E-state index is -4.03. The first-order valence-electron chi connectivity index (χ1n) is 9.43. The van der Waals surface area contributed by atoms with E-state index in [-0.39, 0.29) is 40.8 Å². The molecule has 164 valence electrons. The second-order valence-corrected chi connectivity index (χ2v) is 8.13. The summed E-state index contributed by atoms with van der Waals surface area (Å²) in [7, 11) is -2.68. The third kappa shape index (κ3) is 5.51. The molecule has 10 nitrogen and oxygen atoms in total. The fourth-order valence-corrected chi connectivity index (χ4v) is 4.06. The zero-order valence-corrected chi connectivity index (χ0v) is 17.8. The minimum Gasteiger partial charge on any atom is -0.495 e. The number of benzene rings is 2. The van der Waals surface area contributed by atoms with E-state index in [4.69, 9.17) is 9.47 Å². The molecule has 0 saturated heterocycles. The van der Waals surface area contributed by atoms with Crippen molar-refractivity contribution in [3.63, 3.8) is 0 Å². The van der Waals surface area contributed by atoms with Gasteiger partial charge in [-0.1, -0.05) is 0 Å². The summed E-state index contributed by atoms with van der Waals surface area (Å²) in [4.78, 5) is 23.4. The summed E-state index contributed by atoms with van der Waals surface area (Å²) in [5, 5.41) is 6.32. The van der Waals surface area contributed by atoms with Crippen molar-refractivity contribution < 1.29 is 27.5 Å². The molecule has 0 saturated carbocycles.